The van der Waals surface area contributed by atoms with Crippen molar-refractivity contribution in [1.29, 1.82) is 0 Å². The number of phosphoric ester groups is 2. The van der Waals surface area contributed by atoms with Crippen LogP contribution >= 0.6 is 27.4 Å². The van der Waals surface area contributed by atoms with Crippen molar-refractivity contribution in [2.24, 2.45) is 5.73 Å². The molecule has 0 bridgehead atoms. The molecule has 9 atom stereocenters. The molecule has 43 heavy (non-hydrogen) atoms. The second-order valence-corrected chi connectivity index (χ2v) is 14.1. The maximum Gasteiger partial charge on any atom is 0.481 e. The number of amides is 1. The fourth-order valence-electron chi connectivity index (χ4n) is 4.58. The number of aromatic nitrogens is 5. The normalized spacial score (nSPS) is 30.3. The highest BCUT2D eigenvalue weighted by Gasteiger charge is 2.47. The number of phosphoric acid groups is 2. The molecule has 0 aliphatic carbocycles. The van der Waals surface area contributed by atoms with Crippen molar-refractivity contribution in [3.05, 3.63) is 42.7 Å². The number of thioether (sulfide) groups is 1. The lowest BCUT2D eigenvalue weighted by molar-refractivity contribution is -0.705. The van der Waals surface area contributed by atoms with Crippen molar-refractivity contribution >= 4 is 50.3 Å². The van der Waals surface area contributed by atoms with E-state index in [4.69, 9.17) is 25.3 Å². The van der Waals surface area contributed by atoms with E-state index in [0.717, 1.165) is 6.33 Å². The number of fused-ring (bicyclic) bond motifs is 1. The minimum Gasteiger partial charge on any atom is -0.387 e. The zero-order valence-corrected chi connectivity index (χ0v) is 24.5. The predicted octanol–water partition coefficient (Wildman–Crippen LogP) is -1.27. The van der Waals surface area contributed by atoms with Gasteiger partial charge in [0, 0.05) is 11.3 Å². The third-order valence-electron chi connectivity index (χ3n) is 6.60. The van der Waals surface area contributed by atoms with Crippen LogP contribution < -0.4 is 16.0 Å². The van der Waals surface area contributed by atoms with Crippen LogP contribution in [0.15, 0.2) is 37.2 Å². The number of carbonyl (C=O) groups excluding carboxylic acids is 1. The summed E-state index contributed by atoms with van der Waals surface area (Å²) in [6.45, 7) is -1.28. The fourth-order valence-corrected chi connectivity index (χ4v) is 8.22. The summed E-state index contributed by atoms with van der Waals surface area (Å²) >= 11 is 1.17. The number of aliphatic hydroxyl groups is 3. The first kappa shape index (κ1) is 31.8. The van der Waals surface area contributed by atoms with Gasteiger partial charge in [0.2, 0.25) is 5.37 Å². The Balaban J connectivity index is 1.14. The molecule has 3 aromatic rings. The molecule has 19 nitrogen and oxygen atoms in total. The number of hydrogen-bond donors (Lipinski definition) is 7. The Kier molecular flexibility index (Phi) is 9.20. The van der Waals surface area contributed by atoms with Crippen molar-refractivity contribution in [2.75, 3.05) is 18.9 Å². The lowest BCUT2D eigenvalue weighted by Crippen LogP contribution is -2.42. The Labute approximate surface area is 246 Å². The Morgan fingerprint density at radius 2 is 1.86 bits per heavy atom. The monoisotopic (exact) mass is 664 g/mol. The fraction of sp³-hybridized carbons (Fsp3) is 0.476. The van der Waals surface area contributed by atoms with E-state index in [9.17, 15) is 39.0 Å². The average molecular weight is 665 g/mol. The summed E-state index contributed by atoms with van der Waals surface area (Å²) in [5, 5.41) is 30.3. The molecule has 2 saturated heterocycles. The number of primary amides is 1. The van der Waals surface area contributed by atoms with Gasteiger partial charge >= 0.3 is 15.6 Å². The minimum atomic E-state index is -5.26. The lowest BCUT2D eigenvalue weighted by Gasteiger charge is -2.19. The Hall–Kier alpha value is -2.58. The topological polar surface area (TPSA) is 289 Å². The highest BCUT2D eigenvalue weighted by atomic mass is 32.2. The van der Waals surface area contributed by atoms with E-state index in [1.165, 1.54) is 34.9 Å². The molecular formula is C21H28N7O12P2S+. The van der Waals surface area contributed by atoms with E-state index < -0.39 is 76.0 Å². The van der Waals surface area contributed by atoms with Gasteiger partial charge in [0.25, 0.3) is 5.91 Å². The van der Waals surface area contributed by atoms with Crippen molar-refractivity contribution < 1.29 is 61.7 Å². The summed E-state index contributed by atoms with van der Waals surface area (Å²) < 4.78 is 47.3. The van der Waals surface area contributed by atoms with E-state index in [-0.39, 0.29) is 29.0 Å². The van der Waals surface area contributed by atoms with Crippen molar-refractivity contribution in [1.82, 2.24) is 19.5 Å². The molecule has 0 radical (unpaired) electrons. The Morgan fingerprint density at radius 3 is 2.58 bits per heavy atom. The molecule has 2 unspecified atom stereocenters. The molecule has 0 saturated carbocycles. The summed E-state index contributed by atoms with van der Waals surface area (Å²) in [5.74, 6) is -0.583. The van der Waals surface area contributed by atoms with E-state index in [0.29, 0.717) is 0 Å². The highest BCUT2D eigenvalue weighted by molar-refractivity contribution is 8.00. The van der Waals surface area contributed by atoms with E-state index in [1.54, 1.807) is 16.8 Å². The molecule has 5 heterocycles. The number of pyridine rings is 1. The maximum absolute atomic E-state index is 12.4. The first-order valence-corrected chi connectivity index (χ1v) is 16.4. The van der Waals surface area contributed by atoms with Gasteiger partial charge < -0.3 is 41.3 Å². The third kappa shape index (κ3) is 7.06. The molecule has 0 spiro atoms. The number of hydrogen-bond acceptors (Lipinski definition) is 15. The van der Waals surface area contributed by atoms with E-state index >= 15 is 0 Å². The van der Waals surface area contributed by atoms with Gasteiger partial charge in [-0.15, -0.1) is 0 Å². The number of nitrogens with zero attached hydrogens (tertiary/aromatic N) is 5. The smallest absolute Gasteiger partial charge is 0.387 e. The zero-order valence-electron chi connectivity index (χ0n) is 21.9. The van der Waals surface area contributed by atoms with Crippen LogP contribution in [0.1, 0.15) is 28.4 Å². The Morgan fingerprint density at radius 1 is 1.14 bits per heavy atom. The van der Waals surface area contributed by atoms with E-state index in [2.05, 4.69) is 19.3 Å². The largest absolute Gasteiger partial charge is 0.481 e. The number of carbonyl (C=O) groups is 1. The molecule has 2 aliphatic rings. The van der Waals surface area contributed by atoms with Crippen LogP contribution in [-0.4, -0.2) is 93.4 Å². The van der Waals surface area contributed by atoms with Crippen LogP contribution in [0.3, 0.4) is 0 Å². The number of nitrogens with two attached hydrogens (primary N) is 2. The van der Waals surface area contributed by atoms with Crippen LogP contribution in [0.5, 0.6) is 0 Å². The predicted molar refractivity (Wildman–Crippen MR) is 144 cm³/mol. The molecule has 22 heteroatoms. The van der Waals surface area contributed by atoms with Gasteiger partial charge in [-0.05, 0) is 12.5 Å². The standard InChI is InChI=1S/C21H27N7O12P2S/c22-17-14-19(25-8-24-17)28(9-26-14)20-16(31)15(30)13(39-20)7-38-42(35,36)40-41(33,34)37-6-11-4-12(29)21(43-11)27-3-1-2-10(5-27)18(23)32/h1-3,5,8-9,11-13,15-16,20-21,29-31H,4,6-7H2,(H5-,22,23,24,25,32,33,34,35,36)/p+1/t11-,12+,13+,15+,16+,20+,21+/m0/s1. The van der Waals surface area contributed by atoms with Crippen LogP contribution in [0.4, 0.5) is 5.82 Å². The first-order valence-electron chi connectivity index (χ1n) is 12.5. The molecule has 1 amide bonds. The van der Waals surface area contributed by atoms with Gasteiger partial charge in [-0.25, -0.2) is 24.1 Å². The molecule has 3 aromatic heterocycles. The summed E-state index contributed by atoms with van der Waals surface area (Å²) in [6, 6.07) is 3.08. The van der Waals surface area contributed by atoms with Crippen LogP contribution in [0.2, 0.25) is 0 Å². The molecule has 5 rings (SSSR count). The van der Waals surface area contributed by atoms with E-state index in [1.807, 2.05) is 0 Å². The average Bonchev–Trinajstić information content (AvgIpc) is 3.62. The van der Waals surface area contributed by atoms with Gasteiger partial charge in [-0.3, -0.25) is 18.4 Å². The molecule has 2 aliphatic heterocycles. The number of rotatable bonds is 11. The lowest BCUT2D eigenvalue weighted by atomic mass is 10.1. The second kappa shape index (κ2) is 12.4. The Bertz CT molecular complexity index is 1600. The van der Waals surface area contributed by atoms with Crippen molar-refractivity contribution in [3.63, 3.8) is 0 Å². The van der Waals surface area contributed by atoms with Gasteiger partial charge in [0.05, 0.1) is 19.5 Å². The number of anilines is 1. The molecular weight excluding hydrogens is 636 g/mol. The number of nitrogen functional groups attached to an aromatic ring is 1. The SMILES string of the molecule is NC(=O)c1ccc[n+]([C@@H]2S[C@H](COP(=O)(O)OP(=O)(O)OC[C@H]3O[C@@H](n4cnc5c(N)ncnc54)[C@H](O)[C@@H]3O)C[C@H]2O)c1. The van der Waals surface area contributed by atoms with Crippen molar-refractivity contribution in [2.45, 2.75) is 47.7 Å². The van der Waals surface area contributed by atoms with Gasteiger partial charge in [-0.2, -0.15) is 8.88 Å². The number of imidazole rings is 1. The van der Waals surface area contributed by atoms with Gasteiger partial charge in [-0.1, -0.05) is 11.8 Å². The van der Waals surface area contributed by atoms with Crippen LogP contribution in [0.25, 0.3) is 11.2 Å². The van der Waals surface area contributed by atoms with Crippen molar-refractivity contribution in [3.8, 4) is 0 Å². The van der Waals surface area contributed by atoms with Gasteiger partial charge in [0.15, 0.2) is 30.1 Å². The summed E-state index contributed by atoms with van der Waals surface area (Å²) in [5.41, 5.74) is 11.7. The molecule has 234 valence electrons. The van der Waals surface area contributed by atoms with Crippen LogP contribution in [0, 0.1) is 0 Å². The third-order valence-corrected chi connectivity index (χ3v) is 10.7. The zero-order chi connectivity index (χ0) is 31.1. The summed E-state index contributed by atoms with van der Waals surface area (Å²) in [6.07, 6.45) is -1.08. The molecule has 9 N–H and O–H groups in total. The summed E-state index contributed by atoms with van der Waals surface area (Å²) in [7, 11) is -10.4. The minimum absolute atomic E-state index is 0.0714. The highest BCUT2D eigenvalue weighted by Crippen LogP contribution is 2.61. The summed E-state index contributed by atoms with van der Waals surface area (Å²) in [4.78, 5) is 43.4. The molecule has 2 fully saturated rings. The number of ether oxygens (including phenoxy) is 1. The maximum atomic E-state index is 12.4. The second-order valence-electron chi connectivity index (χ2n) is 9.60. The quantitative estimate of drug-likeness (QED) is 0.0928. The first-order chi connectivity index (χ1) is 20.2. The molecule has 0 aromatic carbocycles. The van der Waals surface area contributed by atoms with Crippen LogP contribution in [-0.2, 0) is 27.2 Å². The number of aliphatic hydroxyl groups excluding tert-OH is 3. The van der Waals surface area contributed by atoms with Gasteiger partial charge in [0.1, 0.15) is 41.8 Å².